The highest BCUT2D eigenvalue weighted by Gasteiger charge is 2.12. The molecule has 0 fully saturated rings. The van der Waals surface area contributed by atoms with Gasteiger partial charge in [0.1, 0.15) is 5.75 Å². The van der Waals surface area contributed by atoms with Crippen LogP contribution in [0.25, 0.3) is 0 Å². The molecule has 2 nitrogen and oxygen atoms in total. The Kier molecular flexibility index (Phi) is 4.63. The molecular formula is C13H20O2. The third-order valence-corrected chi connectivity index (χ3v) is 2.56. The molecule has 1 atom stereocenters. The van der Waals surface area contributed by atoms with Crippen molar-refractivity contribution < 1.29 is 9.84 Å². The Morgan fingerprint density at radius 3 is 2.20 bits per heavy atom. The molecule has 1 aromatic rings. The van der Waals surface area contributed by atoms with Crippen LogP contribution in [0.2, 0.25) is 0 Å². The number of rotatable bonds is 5. The van der Waals surface area contributed by atoms with Gasteiger partial charge in [-0.15, -0.1) is 0 Å². The van der Waals surface area contributed by atoms with Gasteiger partial charge in [-0.3, -0.25) is 0 Å². The lowest BCUT2D eigenvalue weighted by Gasteiger charge is -2.17. The molecule has 0 aliphatic heterocycles. The van der Waals surface area contributed by atoms with Crippen LogP contribution in [-0.4, -0.2) is 18.8 Å². The lowest BCUT2D eigenvalue weighted by Crippen LogP contribution is -2.07. The summed E-state index contributed by atoms with van der Waals surface area (Å²) in [5.74, 6) is 1.71. The molecule has 0 saturated heterocycles. The largest absolute Gasteiger partial charge is 0.497 e. The van der Waals surface area contributed by atoms with Crippen molar-refractivity contribution in [1.82, 2.24) is 0 Å². The van der Waals surface area contributed by atoms with E-state index in [4.69, 9.17) is 4.74 Å². The van der Waals surface area contributed by atoms with Crippen LogP contribution in [0.1, 0.15) is 31.7 Å². The summed E-state index contributed by atoms with van der Waals surface area (Å²) in [6, 6.07) is 7.95. The zero-order chi connectivity index (χ0) is 11.3. The van der Waals surface area contributed by atoms with Gasteiger partial charge in [0.25, 0.3) is 0 Å². The van der Waals surface area contributed by atoms with Crippen LogP contribution in [0.3, 0.4) is 0 Å². The highest BCUT2D eigenvalue weighted by atomic mass is 16.5. The molecule has 0 saturated carbocycles. The number of benzene rings is 1. The van der Waals surface area contributed by atoms with Crippen LogP contribution in [0.4, 0.5) is 0 Å². The van der Waals surface area contributed by atoms with Gasteiger partial charge in [0, 0.05) is 12.5 Å². The van der Waals surface area contributed by atoms with Crippen LogP contribution >= 0.6 is 0 Å². The first kappa shape index (κ1) is 12.1. The normalized spacial score (nSPS) is 12.9. The second-order valence-corrected chi connectivity index (χ2v) is 4.28. The highest BCUT2D eigenvalue weighted by Crippen LogP contribution is 2.24. The summed E-state index contributed by atoms with van der Waals surface area (Å²) >= 11 is 0. The van der Waals surface area contributed by atoms with E-state index >= 15 is 0 Å². The van der Waals surface area contributed by atoms with Crippen LogP contribution in [0.15, 0.2) is 24.3 Å². The van der Waals surface area contributed by atoms with E-state index in [0.717, 1.165) is 12.2 Å². The summed E-state index contributed by atoms with van der Waals surface area (Å²) in [6.07, 6.45) is 1.02. The van der Waals surface area contributed by atoms with Crippen LogP contribution in [0, 0.1) is 5.92 Å². The van der Waals surface area contributed by atoms with E-state index in [1.807, 2.05) is 24.3 Å². The Bertz CT molecular complexity index is 277. The van der Waals surface area contributed by atoms with E-state index in [1.54, 1.807) is 7.11 Å². The highest BCUT2D eigenvalue weighted by molar-refractivity contribution is 5.29. The third-order valence-electron chi connectivity index (χ3n) is 2.56. The number of methoxy groups -OCH3 is 1. The first-order valence-corrected chi connectivity index (χ1v) is 5.42. The maximum atomic E-state index is 9.32. The van der Waals surface area contributed by atoms with E-state index in [-0.39, 0.29) is 12.5 Å². The van der Waals surface area contributed by atoms with Crippen LogP contribution < -0.4 is 4.74 Å². The molecule has 0 radical (unpaired) electrons. The summed E-state index contributed by atoms with van der Waals surface area (Å²) in [5.41, 5.74) is 1.19. The van der Waals surface area contributed by atoms with Crippen LogP contribution in [-0.2, 0) is 0 Å². The predicted octanol–water partition coefficient (Wildman–Crippen LogP) is 2.82. The molecule has 0 bridgehead atoms. The zero-order valence-corrected chi connectivity index (χ0v) is 9.73. The summed E-state index contributed by atoms with van der Waals surface area (Å²) in [4.78, 5) is 0. The lowest BCUT2D eigenvalue weighted by atomic mass is 9.91. The molecule has 0 aliphatic rings. The molecule has 1 aromatic carbocycles. The Labute approximate surface area is 91.9 Å². The SMILES string of the molecule is COc1ccc(C(CO)CC(C)C)cc1. The van der Waals surface area contributed by atoms with Crippen molar-refractivity contribution >= 4 is 0 Å². The minimum atomic E-state index is 0.213. The fourth-order valence-electron chi connectivity index (χ4n) is 1.76. The maximum absolute atomic E-state index is 9.32. The van der Waals surface area contributed by atoms with Crippen molar-refractivity contribution in [3.8, 4) is 5.75 Å². The summed E-state index contributed by atoms with van der Waals surface area (Å²) in [5, 5.41) is 9.32. The fourth-order valence-corrected chi connectivity index (χ4v) is 1.76. The minimum absolute atomic E-state index is 0.213. The number of hydrogen-bond donors (Lipinski definition) is 1. The summed E-state index contributed by atoms with van der Waals surface area (Å²) in [7, 11) is 1.66. The van der Waals surface area contributed by atoms with E-state index in [0.29, 0.717) is 5.92 Å². The fraction of sp³-hybridized carbons (Fsp3) is 0.538. The molecule has 2 heteroatoms. The molecule has 1 rings (SSSR count). The molecule has 0 heterocycles. The van der Waals surface area contributed by atoms with E-state index < -0.39 is 0 Å². The van der Waals surface area contributed by atoms with Crippen molar-refractivity contribution in [2.24, 2.45) is 5.92 Å². The van der Waals surface area contributed by atoms with Gasteiger partial charge >= 0.3 is 0 Å². The van der Waals surface area contributed by atoms with E-state index in [9.17, 15) is 5.11 Å². The molecule has 15 heavy (non-hydrogen) atoms. The molecule has 0 aliphatic carbocycles. The van der Waals surface area contributed by atoms with E-state index in [2.05, 4.69) is 13.8 Å². The number of aliphatic hydroxyl groups excluding tert-OH is 1. The summed E-state index contributed by atoms with van der Waals surface area (Å²) in [6.45, 7) is 4.56. The Balaban J connectivity index is 2.74. The predicted molar refractivity (Wildman–Crippen MR) is 62.3 cm³/mol. The third kappa shape index (κ3) is 3.56. The second-order valence-electron chi connectivity index (χ2n) is 4.28. The van der Waals surface area contributed by atoms with Crippen molar-refractivity contribution in [2.75, 3.05) is 13.7 Å². The van der Waals surface area contributed by atoms with Crippen molar-refractivity contribution in [3.05, 3.63) is 29.8 Å². The number of aliphatic hydroxyl groups is 1. The minimum Gasteiger partial charge on any atom is -0.497 e. The van der Waals surface area contributed by atoms with Gasteiger partial charge in [0.2, 0.25) is 0 Å². The Morgan fingerprint density at radius 1 is 1.20 bits per heavy atom. The molecule has 1 unspecified atom stereocenters. The van der Waals surface area contributed by atoms with Gasteiger partial charge in [-0.25, -0.2) is 0 Å². The van der Waals surface area contributed by atoms with Crippen molar-refractivity contribution in [2.45, 2.75) is 26.2 Å². The Morgan fingerprint density at radius 2 is 1.80 bits per heavy atom. The first-order chi connectivity index (χ1) is 7.17. The molecular weight excluding hydrogens is 188 g/mol. The topological polar surface area (TPSA) is 29.5 Å². The number of ether oxygens (including phenoxy) is 1. The van der Waals surface area contributed by atoms with Gasteiger partial charge in [0.05, 0.1) is 7.11 Å². The zero-order valence-electron chi connectivity index (χ0n) is 9.73. The summed E-state index contributed by atoms with van der Waals surface area (Å²) < 4.78 is 5.10. The maximum Gasteiger partial charge on any atom is 0.118 e. The second kappa shape index (κ2) is 5.76. The van der Waals surface area contributed by atoms with Crippen molar-refractivity contribution in [3.63, 3.8) is 0 Å². The van der Waals surface area contributed by atoms with E-state index in [1.165, 1.54) is 5.56 Å². The van der Waals surface area contributed by atoms with Gasteiger partial charge in [-0.2, -0.15) is 0 Å². The Hall–Kier alpha value is -1.02. The molecule has 0 amide bonds. The van der Waals surface area contributed by atoms with Gasteiger partial charge in [-0.05, 0) is 30.0 Å². The van der Waals surface area contributed by atoms with Gasteiger partial charge in [0.15, 0.2) is 0 Å². The molecule has 0 aromatic heterocycles. The quantitative estimate of drug-likeness (QED) is 0.806. The smallest absolute Gasteiger partial charge is 0.118 e. The van der Waals surface area contributed by atoms with Crippen LogP contribution in [0.5, 0.6) is 5.75 Å². The average molecular weight is 208 g/mol. The first-order valence-electron chi connectivity index (χ1n) is 5.42. The molecule has 84 valence electrons. The van der Waals surface area contributed by atoms with Gasteiger partial charge < -0.3 is 9.84 Å². The lowest BCUT2D eigenvalue weighted by molar-refractivity contribution is 0.249. The molecule has 0 spiro atoms. The van der Waals surface area contributed by atoms with Gasteiger partial charge in [-0.1, -0.05) is 26.0 Å². The standard InChI is InChI=1S/C13H20O2/c1-10(2)8-12(9-14)11-4-6-13(15-3)7-5-11/h4-7,10,12,14H,8-9H2,1-3H3. The van der Waals surface area contributed by atoms with Crippen molar-refractivity contribution in [1.29, 1.82) is 0 Å². The molecule has 1 N–H and O–H groups in total. The number of hydrogen-bond acceptors (Lipinski definition) is 2. The average Bonchev–Trinajstić information content (AvgIpc) is 2.26. The monoisotopic (exact) mass is 208 g/mol.